The standard InChI is InChI=1S/C15H27ClN4O/c1-15(7-5-6-10-21-15)14(17-2)13-12(16)11-18-20(13)9-8-19(3)4/h11,14,17H,5-10H2,1-4H3. The number of rotatable bonds is 6. The Bertz CT molecular complexity index is 455. The molecule has 0 aromatic carbocycles. The molecule has 1 aliphatic heterocycles. The molecule has 0 aliphatic carbocycles. The molecule has 2 heterocycles. The van der Waals surface area contributed by atoms with Gasteiger partial charge in [-0.15, -0.1) is 0 Å². The van der Waals surface area contributed by atoms with Gasteiger partial charge in [0.05, 0.1) is 35.1 Å². The number of hydrogen-bond donors (Lipinski definition) is 1. The lowest BCUT2D eigenvalue weighted by Crippen LogP contribution is -2.46. The van der Waals surface area contributed by atoms with Crippen molar-refractivity contribution in [2.24, 2.45) is 0 Å². The van der Waals surface area contributed by atoms with Crippen LogP contribution in [0.3, 0.4) is 0 Å². The summed E-state index contributed by atoms with van der Waals surface area (Å²) >= 11 is 6.42. The predicted molar refractivity (Wildman–Crippen MR) is 85.8 cm³/mol. The van der Waals surface area contributed by atoms with Crippen LogP contribution in [0.4, 0.5) is 0 Å². The fourth-order valence-electron chi connectivity index (χ4n) is 3.05. The highest BCUT2D eigenvalue weighted by Gasteiger charge is 2.39. The summed E-state index contributed by atoms with van der Waals surface area (Å²) in [4.78, 5) is 2.15. The van der Waals surface area contributed by atoms with Gasteiger partial charge in [-0.05, 0) is 47.3 Å². The molecule has 120 valence electrons. The van der Waals surface area contributed by atoms with E-state index in [1.807, 2.05) is 11.7 Å². The molecule has 0 radical (unpaired) electrons. The third kappa shape index (κ3) is 3.77. The first-order chi connectivity index (χ1) is 9.98. The monoisotopic (exact) mass is 314 g/mol. The molecule has 0 spiro atoms. The van der Waals surface area contributed by atoms with Crippen LogP contribution in [0.15, 0.2) is 6.20 Å². The molecule has 2 rings (SSSR count). The van der Waals surface area contributed by atoms with Crippen molar-refractivity contribution in [2.45, 2.75) is 44.4 Å². The highest BCUT2D eigenvalue weighted by Crippen LogP contribution is 2.38. The Labute approximate surface area is 132 Å². The minimum Gasteiger partial charge on any atom is -0.373 e. The van der Waals surface area contributed by atoms with Crippen molar-refractivity contribution in [3.8, 4) is 0 Å². The van der Waals surface area contributed by atoms with Crippen LogP contribution in [-0.4, -0.2) is 54.6 Å². The highest BCUT2D eigenvalue weighted by molar-refractivity contribution is 6.31. The van der Waals surface area contributed by atoms with Crippen LogP contribution in [0, 0.1) is 0 Å². The van der Waals surface area contributed by atoms with E-state index in [0.29, 0.717) is 5.02 Å². The SMILES string of the molecule is CNC(c1c(Cl)cnn1CCN(C)C)C1(C)CCCCO1. The van der Waals surface area contributed by atoms with Gasteiger partial charge >= 0.3 is 0 Å². The maximum Gasteiger partial charge on any atom is 0.0864 e. The Morgan fingerprint density at radius 1 is 1.52 bits per heavy atom. The van der Waals surface area contributed by atoms with Crippen molar-refractivity contribution in [1.82, 2.24) is 20.0 Å². The lowest BCUT2D eigenvalue weighted by atomic mass is 9.86. The molecule has 1 N–H and O–H groups in total. The smallest absolute Gasteiger partial charge is 0.0864 e. The largest absolute Gasteiger partial charge is 0.373 e. The Kier molecular flexibility index (Phi) is 5.66. The molecule has 0 saturated carbocycles. The van der Waals surface area contributed by atoms with Gasteiger partial charge in [0, 0.05) is 13.2 Å². The molecule has 21 heavy (non-hydrogen) atoms. The first kappa shape index (κ1) is 16.7. The second kappa shape index (κ2) is 7.09. The third-order valence-electron chi connectivity index (χ3n) is 4.26. The van der Waals surface area contributed by atoms with Gasteiger partial charge in [0.15, 0.2) is 0 Å². The van der Waals surface area contributed by atoms with Gasteiger partial charge in [-0.25, -0.2) is 0 Å². The van der Waals surface area contributed by atoms with Crippen LogP contribution in [0.25, 0.3) is 0 Å². The summed E-state index contributed by atoms with van der Waals surface area (Å²) in [6.07, 6.45) is 5.11. The zero-order valence-corrected chi connectivity index (χ0v) is 14.3. The Morgan fingerprint density at radius 3 is 2.86 bits per heavy atom. The average Bonchev–Trinajstić information content (AvgIpc) is 2.80. The summed E-state index contributed by atoms with van der Waals surface area (Å²) in [6, 6.07) is 0.0509. The lowest BCUT2D eigenvalue weighted by molar-refractivity contribution is -0.0900. The van der Waals surface area contributed by atoms with E-state index in [4.69, 9.17) is 16.3 Å². The summed E-state index contributed by atoms with van der Waals surface area (Å²) in [5.41, 5.74) is 0.803. The van der Waals surface area contributed by atoms with Crippen molar-refractivity contribution in [3.63, 3.8) is 0 Å². The normalized spacial score (nSPS) is 24.5. The van der Waals surface area contributed by atoms with Crippen molar-refractivity contribution >= 4 is 11.6 Å². The second-order valence-corrected chi connectivity index (χ2v) is 6.65. The Balaban J connectivity index is 2.26. The molecule has 1 aliphatic rings. The quantitative estimate of drug-likeness (QED) is 0.875. The molecular weight excluding hydrogens is 288 g/mol. The van der Waals surface area contributed by atoms with Crippen LogP contribution in [0.5, 0.6) is 0 Å². The molecule has 0 amide bonds. The van der Waals surface area contributed by atoms with E-state index < -0.39 is 0 Å². The minimum atomic E-state index is -0.230. The van der Waals surface area contributed by atoms with Crippen molar-refractivity contribution < 1.29 is 4.74 Å². The van der Waals surface area contributed by atoms with Crippen LogP contribution in [0.1, 0.15) is 37.9 Å². The lowest BCUT2D eigenvalue weighted by Gasteiger charge is -2.40. The van der Waals surface area contributed by atoms with E-state index >= 15 is 0 Å². The predicted octanol–water partition coefficient (Wildman–Crippen LogP) is 2.32. The van der Waals surface area contributed by atoms with Gasteiger partial charge in [0.2, 0.25) is 0 Å². The third-order valence-corrected chi connectivity index (χ3v) is 4.56. The van der Waals surface area contributed by atoms with Gasteiger partial charge < -0.3 is 15.0 Å². The highest BCUT2D eigenvalue weighted by atomic mass is 35.5. The van der Waals surface area contributed by atoms with Crippen molar-refractivity contribution in [3.05, 3.63) is 16.9 Å². The zero-order valence-electron chi connectivity index (χ0n) is 13.5. The van der Waals surface area contributed by atoms with Crippen molar-refractivity contribution in [1.29, 1.82) is 0 Å². The first-order valence-corrected chi connectivity index (χ1v) is 8.03. The van der Waals surface area contributed by atoms with Crippen LogP contribution < -0.4 is 5.32 Å². The van der Waals surface area contributed by atoms with E-state index in [0.717, 1.165) is 38.2 Å². The summed E-state index contributed by atoms with van der Waals surface area (Å²) in [5, 5.41) is 8.56. The Hall–Kier alpha value is -0.620. The fourth-order valence-corrected chi connectivity index (χ4v) is 3.30. The van der Waals surface area contributed by atoms with Gasteiger partial charge in [0.1, 0.15) is 0 Å². The number of halogens is 1. The van der Waals surface area contributed by atoms with Crippen LogP contribution >= 0.6 is 11.6 Å². The second-order valence-electron chi connectivity index (χ2n) is 6.24. The van der Waals surface area contributed by atoms with Gasteiger partial charge in [-0.3, -0.25) is 4.68 Å². The van der Waals surface area contributed by atoms with Crippen molar-refractivity contribution in [2.75, 3.05) is 34.3 Å². The molecule has 6 heteroatoms. The number of likely N-dealkylation sites (N-methyl/N-ethyl adjacent to an activating group) is 2. The van der Waals surface area contributed by atoms with E-state index in [-0.39, 0.29) is 11.6 Å². The number of ether oxygens (including phenoxy) is 1. The molecule has 2 unspecified atom stereocenters. The maximum absolute atomic E-state index is 6.42. The zero-order chi connectivity index (χ0) is 15.5. The summed E-state index contributed by atoms with van der Waals surface area (Å²) in [5.74, 6) is 0. The number of nitrogens with zero attached hydrogens (tertiary/aromatic N) is 3. The van der Waals surface area contributed by atoms with Crippen LogP contribution in [-0.2, 0) is 11.3 Å². The van der Waals surface area contributed by atoms with E-state index in [1.165, 1.54) is 6.42 Å². The van der Waals surface area contributed by atoms with E-state index in [2.05, 4.69) is 36.3 Å². The Morgan fingerprint density at radius 2 is 2.29 bits per heavy atom. The number of hydrogen-bond acceptors (Lipinski definition) is 4. The number of nitrogens with one attached hydrogen (secondary N) is 1. The first-order valence-electron chi connectivity index (χ1n) is 7.65. The molecule has 2 atom stereocenters. The summed E-state index contributed by atoms with van der Waals surface area (Å²) in [7, 11) is 6.09. The molecule has 5 nitrogen and oxygen atoms in total. The molecule has 1 saturated heterocycles. The average molecular weight is 315 g/mol. The van der Waals surface area contributed by atoms with Gasteiger partial charge in [0.25, 0.3) is 0 Å². The summed E-state index contributed by atoms with van der Waals surface area (Å²) in [6.45, 7) is 4.74. The van der Waals surface area contributed by atoms with Gasteiger partial charge in [-0.1, -0.05) is 11.6 Å². The maximum atomic E-state index is 6.42. The van der Waals surface area contributed by atoms with E-state index in [9.17, 15) is 0 Å². The molecule has 1 aromatic rings. The van der Waals surface area contributed by atoms with Crippen LogP contribution in [0.2, 0.25) is 5.02 Å². The fraction of sp³-hybridized carbons (Fsp3) is 0.800. The van der Waals surface area contributed by atoms with E-state index in [1.54, 1.807) is 6.20 Å². The number of aromatic nitrogens is 2. The molecule has 1 fully saturated rings. The topological polar surface area (TPSA) is 42.3 Å². The molecular formula is C15H27ClN4O. The minimum absolute atomic E-state index is 0.0509. The summed E-state index contributed by atoms with van der Waals surface area (Å²) < 4.78 is 8.11. The van der Waals surface area contributed by atoms with Gasteiger partial charge in [-0.2, -0.15) is 5.10 Å². The molecule has 0 bridgehead atoms. The molecule has 1 aromatic heterocycles.